The molecule has 0 fully saturated rings. The predicted molar refractivity (Wildman–Crippen MR) is 77.6 cm³/mol. The fourth-order valence-corrected chi connectivity index (χ4v) is 2.56. The van der Waals surface area contributed by atoms with Crippen molar-refractivity contribution in [2.75, 3.05) is 13.2 Å². The van der Waals surface area contributed by atoms with Crippen LogP contribution >= 0.6 is 11.3 Å². The average Bonchev–Trinajstić information content (AvgIpc) is 2.89. The van der Waals surface area contributed by atoms with Crippen molar-refractivity contribution in [1.82, 2.24) is 15.5 Å². The van der Waals surface area contributed by atoms with E-state index in [0.29, 0.717) is 6.61 Å². The number of ether oxygens (including phenoxy) is 1. The van der Waals surface area contributed by atoms with Crippen LogP contribution in [0.2, 0.25) is 0 Å². The Labute approximate surface area is 117 Å². The number of nitrogens with zero attached hydrogens (tertiary/aromatic N) is 2. The number of hydrogen-bond acceptors (Lipinski definition) is 5. The summed E-state index contributed by atoms with van der Waals surface area (Å²) in [5.41, 5.74) is 0. The summed E-state index contributed by atoms with van der Waals surface area (Å²) in [5, 5.41) is 13.8. The lowest BCUT2D eigenvalue weighted by molar-refractivity contribution is 0.321. The van der Waals surface area contributed by atoms with Crippen molar-refractivity contribution in [2.45, 2.75) is 26.3 Å². The minimum Gasteiger partial charge on any atom is -0.493 e. The summed E-state index contributed by atoms with van der Waals surface area (Å²) in [7, 11) is 0. The summed E-state index contributed by atoms with van der Waals surface area (Å²) in [5.74, 6) is 0.897. The van der Waals surface area contributed by atoms with Crippen LogP contribution in [0, 0.1) is 0 Å². The second-order valence-electron chi connectivity index (χ2n) is 4.22. The average molecular weight is 277 g/mol. The molecule has 4 nitrogen and oxygen atoms in total. The minimum absolute atomic E-state index is 0.270. The van der Waals surface area contributed by atoms with Crippen LogP contribution < -0.4 is 10.1 Å². The highest BCUT2D eigenvalue weighted by molar-refractivity contribution is 7.11. The fraction of sp³-hybridized carbons (Fsp3) is 0.429. The van der Waals surface area contributed by atoms with Gasteiger partial charge in [-0.2, -0.15) is 0 Å². The van der Waals surface area contributed by atoms with E-state index >= 15 is 0 Å². The minimum atomic E-state index is 0.270. The van der Waals surface area contributed by atoms with Crippen molar-refractivity contribution in [1.29, 1.82) is 0 Å². The molecule has 0 radical (unpaired) electrons. The van der Waals surface area contributed by atoms with Gasteiger partial charge in [0.25, 0.3) is 0 Å². The second kappa shape index (κ2) is 7.21. The van der Waals surface area contributed by atoms with E-state index < -0.39 is 0 Å². The summed E-state index contributed by atoms with van der Waals surface area (Å²) in [6.45, 7) is 5.77. The first-order valence-corrected chi connectivity index (χ1v) is 7.34. The van der Waals surface area contributed by atoms with Crippen LogP contribution in [0.5, 0.6) is 5.75 Å². The molecule has 1 aromatic carbocycles. The summed E-state index contributed by atoms with van der Waals surface area (Å²) in [6, 6.07) is 10.1. The lowest BCUT2D eigenvalue weighted by Crippen LogP contribution is -2.17. The molecule has 102 valence electrons. The SMILES string of the molecule is CCNC(C)c1nnc(CCOc2ccccc2)s1. The maximum atomic E-state index is 5.65. The Morgan fingerprint density at radius 2 is 2.05 bits per heavy atom. The molecule has 2 aromatic rings. The Kier molecular flexibility index (Phi) is 5.30. The Morgan fingerprint density at radius 3 is 2.79 bits per heavy atom. The maximum absolute atomic E-state index is 5.65. The molecule has 0 saturated carbocycles. The quantitative estimate of drug-likeness (QED) is 0.845. The maximum Gasteiger partial charge on any atom is 0.134 e. The van der Waals surface area contributed by atoms with Crippen LogP contribution in [0.25, 0.3) is 0 Å². The molecule has 1 aromatic heterocycles. The molecule has 1 N–H and O–H groups in total. The van der Waals surface area contributed by atoms with Crippen molar-refractivity contribution < 1.29 is 4.74 Å². The van der Waals surface area contributed by atoms with Gasteiger partial charge >= 0.3 is 0 Å². The van der Waals surface area contributed by atoms with E-state index in [-0.39, 0.29) is 6.04 Å². The lowest BCUT2D eigenvalue weighted by Gasteiger charge is -2.06. The van der Waals surface area contributed by atoms with Crippen LogP contribution in [0.3, 0.4) is 0 Å². The van der Waals surface area contributed by atoms with Gasteiger partial charge in [0.05, 0.1) is 12.6 Å². The van der Waals surface area contributed by atoms with E-state index in [2.05, 4.69) is 29.4 Å². The standard InChI is InChI=1S/C14H19N3OS/c1-3-15-11(2)14-17-16-13(19-14)9-10-18-12-7-5-4-6-8-12/h4-8,11,15H,3,9-10H2,1-2H3. The first-order valence-electron chi connectivity index (χ1n) is 6.53. The van der Waals surface area contributed by atoms with Gasteiger partial charge in [0.1, 0.15) is 15.8 Å². The monoisotopic (exact) mass is 277 g/mol. The highest BCUT2D eigenvalue weighted by Gasteiger charge is 2.10. The zero-order valence-electron chi connectivity index (χ0n) is 11.3. The third-order valence-electron chi connectivity index (χ3n) is 2.69. The third-order valence-corrected chi connectivity index (χ3v) is 3.86. The van der Waals surface area contributed by atoms with Crippen LogP contribution in [0.1, 0.15) is 29.9 Å². The first-order chi connectivity index (χ1) is 9.29. The van der Waals surface area contributed by atoms with E-state index in [0.717, 1.165) is 28.7 Å². The van der Waals surface area contributed by atoms with Crippen molar-refractivity contribution in [3.63, 3.8) is 0 Å². The van der Waals surface area contributed by atoms with Gasteiger partial charge in [0.2, 0.25) is 0 Å². The van der Waals surface area contributed by atoms with E-state index in [1.165, 1.54) is 0 Å². The predicted octanol–water partition coefficient (Wildman–Crippen LogP) is 2.83. The molecule has 0 aliphatic carbocycles. The van der Waals surface area contributed by atoms with Crippen LogP contribution in [-0.2, 0) is 6.42 Å². The summed E-state index contributed by atoms with van der Waals surface area (Å²) in [4.78, 5) is 0. The zero-order valence-corrected chi connectivity index (χ0v) is 12.1. The third kappa shape index (κ3) is 4.29. The molecular formula is C14H19N3OS. The largest absolute Gasteiger partial charge is 0.493 e. The van der Waals surface area contributed by atoms with Crippen LogP contribution in [-0.4, -0.2) is 23.3 Å². The van der Waals surface area contributed by atoms with Crippen LogP contribution in [0.4, 0.5) is 0 Å². The molecule has 5 heteroatoms. The van der Waals surface area contributed by atoms with Crippen molar-refractivity contribution in [2.24, 2.45) is 0 Å². The molecule has 1 heterocycles. The molecule has 0 amide bonds. The zero-order chi connectivity index (χ0) is 13.5. The molecule has 0 spiro atoms. The van der Waals surface area contributed by atoms with Gasteiger partial charge in [-0.05, 0) is 25.6 Å². The van der Waals surface area contributed by atoms with Crippen molar-refractivity contribution in [3.05, 3.63) is 40.3 Å². The highest BCUT2D eigenvalue weighted by Crippen LogP contribution is 2.18. The van der Waals surface area contributed by atoms with Crippen molar-refractivity contribution in [3.8, 4) is 5.75 Å². The Morgan fingerprint density at radius 1 is 1.26 bits per heavy atom. The van der Waals surface area contributed by atoms with E-state index in [1.807, 2.05) is 30.3 Å². The van der Waals surface area contributed by atoms with E-state index in [4.69, 9.17) is 4.74 Å². The molecule has 0 saturated heterocycles. The molecule has 0 bridgehead atoms. The molecular weight excluding hydrogens is 258 g/mol. The van der Waals surface area contributed by atoms with Gasteiger partial charge in [-0.25, -0.2) is 0 Å². The first kappa shape index (κ1) is 14.0. The summed E-state index contributed by atoms with van der Waals surface area (Å²) in [6.07, 6.45) is 0.797. The molecule has 2 rings (SSSR count). The molecule has 0 aliphatic heterocycles. The fourth-order valence-electron chi connectivity index (χ4n) is 1.71. The van der Waals surface area contributed by atoms with Gasteiger partial charge in [-0.1, -0.05) is 36.5 Å². The highest BCUT2D eigenvalue weighted by atomic mass is 32.1. The number of nitrogens with one attached hydrogen (secondary N) is 1. The van der Waals surface area contributed by atoms with E-state index in [9.17, 15) is 0 Å². The molecule has 0 aliphatic rings. The number of benzene rings is 1. The summed E-state index contributed by atoms with van der Waals surface area (Å²) < 4.78 is 5.65. The normalized spacial score (nSPS) is 12.3. The molecule has 19 heavy (non-hydrogen) atoms. The van der Waals surface area contributed by atoms with Crippen molar-refractivity contribution >= 4 is 11.3 Å². The molecule has 1 unspecified atom stereocenters. The smallest absolute Gasteiger partial charge is 0.134 e. The summed E-state index contributed by atoms with van der Waals surface area (Å²) >= 11 is 1.65. The van der Waals surface area contributed by atoms with E-state index in [1.54, 1.807) is 11.3 Å². The Bertz CT molecular complexity index is 486. The topological polar surface area (TPSA) is 47.0 Å². The van der Waals surface area contributed by atoms with Gasteiger partial charge < -0.3 is 10.1 Å². The van der Waals surface area contributed by atoms with Gasteiger partial charge in [-0.3, -0.25) is 0 Å². The van der Waals surface area contributed by atoms with Crippen LogP contribution in [0.15, 0.2) is 30.3 Å². The second-order valence-corrected chi connectivity index (χ2v) is 5.32. The Balaban J connectivity index is 1.80. The number of aromatic nitrogens is 2. The number of para-hydroxylation sites is 1. The number of hydrogen-bond donors (Lipinski definition) is 1. The number of rotatable bonds is 7. The van der Waals surface area contributed by atoms with Gasteiger partial charge in [0, 0.05) is 6.42 Å². The molecule has 1 atom stereocenters. The lowest BCUT2D eigenvalue weighted by atomic mass is 10.3. The van der Waals surface area contributed by atoms with Gasteiger partial charge in [0.15, 0.2) is 0 Å². The van der Waals surface area contributed by atoms with Gasteiger partial charge in [-0.15, -0.1) is 10.2 Å². The Hall–Kier alpha value is -1.46.